The first kappa shape index (κ1) is 38.5. The summed E-state index contributed by atoms with van der Waals surface area (Å²) in [6.07, 6.45) is 20.3. The number of hydrogen-bond acceptors (Lipinski definition) is 5. The summed E-state index contributed by atoms with van der Waals surface area (Å²) in [5, 5.41) is 0. The molecule has 0 aromatic rings. The molecule has 1 saturated carbocycles. The summed E-state index contributed by atoms with van der Waals surface area (Å²) in [6, 6.07) is 0. The van der Waals surface area contributed by atoms with E-state index in [1.165, 1.54) is 0 Å². The molecular weight excluding hydrogens is 577 g/mol. The molecule has 0 N–H and O–H groups in total. The quantitative estimate of drug-likeness (QED) is 0.0848. The van der Waals surface area contributed by atoms with Crippen molar-refractivity contribution in [2.75, 3.05) is 0 Å². The molecule has 0 radical (unpaired) electrons. The van der Waals surface area contributed by atoms with Gasteiger partial charge in [0.25, 0.3) is 5.97 Å². The molecule has 0 spiro atoms. The van der Waals surface area contributed by atoms with E-state index in [4.69, 9.17) is 17.7 Å². The van der Waals surface area contributed by atoms with Crippen molar-refractivity contribution >= 4 is 39.2 Å². The zero-order chi connectivity index (χ0) is 31.5. The summed E-state index contributed by atoms with van der Waals surface area (Å²) in [5.41, 5.74) is 0. The third-order valence-electron chi connectivity index (χ3n) is 6.45. The predicted molar refractivity (Wildman–Crippen MR) is 186 cm³/mol. The van der Waals surface area contributed by atoms with Gasteiger partial charge in [0, 0.05) is 12.3 Å². The van der Waals surface area contributed by atoms with Crippen LogP contribution in [0.3, 0.4) is 0 Å². The maximum Gasteiger partial charge on any atom is 0.292 e. The Morgan fingerprint density at radius 1 is 0.780 bits per heavy atom. The molecule has 0 aromatic heterocycles. The van der Waals surface area contributed by atoms with Crippen LogP contribution in [-0.4, -0.2) is 57.6 Å². The van der Waals surface area contributed by atoms with E-state index in [0.29, 0.717) is 12.3 Å². The first-order valence-corrected chi connectivity index (χ1v) is 29.6. The third kappa shape index (κ3) is 18.7. The number of carbonyl (C=O) groups excluding carboxylic acids is 1. The monoisotopic (exact) mass is 640 g/mol. The van der Waals surface area contributed by atoms with Crippen molar-refractivity contribution < 1.29 is 22.5 Å². The van der Waals surface area contributed by atoms with Gasteiger partial charge in [0.2, 0.25) is 8.32 Å². The van der Waals surface area contributed by atoms with E-state index in [1.54, 1.807) is 0 Å². The fraction of sp³-hybridized carbons (Fsp3) is 0.781. The van der Waals surface area contributed by atoms with E-state index in [1.807, 2.05) is 0 Å². The number of hydrogen-bond donors (Lipinski definition) is 0. The van der Waals surface area contributed by atoms with Crippen LogP contribution >= 0.6 is 0 Å². The standard InChI is InChI=1S/C32H64O5Si4/c1-14-15-18-21-27(34-38(2,3)4)24-25-29-28(22-19-16-17-20-23-32(33)37-41(11,12)13)30(35-39(5,6)7)26-31(29)36-40(8,9)10/h15-16,18-19,24-25,27-31H,14,17,20-23,26H2,1-13H3/b18-15-,19-16-,25-24+/t27-,28+,29+,30-,31+/m0/s1. The fourth-order valence-electron chi connectivity index (χ4n) is 5.23. The highest BCUT2D eigenvalue weighted by molar-refractivity contribution is 6.71. The van der Waals surface area contributed by atoms with Crippen LogP contribution in [0.5, 0.6) is 0 Å². The minimum Gasteiger partial charge on any atom is -0.520 e. The smallest absolute Gasteiger partial charge is 0.292 e. The summed E-state index contributed by atoms with van der Waals surface area (Å²) < 4.78 is 25.8. The maximum atomic E-state index is 12.1. The van der Waals surface area contributed by atoms with Crippen molar-refractivity contribution in [3.63, 3.8) is 0 Å². The first-order chi connectivity index (χ1) is 18.7. The lowest BCUT2D eigenvalue weighted by molar-refractivity contribution is -0.135. The van der Waals surface area contributed by atoms with E-state index >= 15 is 0 Å². The van der Waals surface area contributed by atoms with Gasteiger partial charge in [0.15, 0.2) is 25.0 Å². The summed E-state index contributed by atoms with van der Waals surface area (Å²) in [4.78, 5) is 12.1. The first-order valence-electron chi connectivity index (χ1n) is 15.9. The maximum absolute atomic E-state index is 12.1. The van der Waals surface area contributed by atoms with Crippen molar-refractivity contribution in [2.45, 2.75) is 149 Å². The molecule has 9 heteroatoms. The number of unbranched alkanes of at least 4 members (excludes halogenated alkanes) is 1. The van der Waals surface area contributed by atoms with Crippen LogP contribution in [0.2, 0.25) is 78.6 Å². The van der Waals surface area contributed by atoms with Crippen molar-refractivity contribution in [1.29, 1.82) is 0 Å². The molecule has 238 valence electrons. The van der Waals surface area contributed by atoms with Gasteiger partial charge < -0.3 is 17.7 Å². The molecule has 0 amide bonds. The van der Waals surface area contributed by atoms with Crippen LogP contribution in [0.1, 0.15) is 51.9 Å². The lowest BCUT2D eigenvalue weighted by Gasteiger charge is -2.30. The van der Waals surface area contributed by atoms with Gasteiger partial charge >= 0.3 is 0 Å². The summed E-state index contributed by atoms with van der Waals surface area (Å²) in [7, 11) is -7.01. The predicted octanol–water partition coefficient (Wildman–Crippen LogP) is 9.69. The molecule has 0 bridgehead atoms. The topological polar surface area (TPSA) is 54.0 Å². The van der Waals surface area contributed by atoms with Crippen molar-refractivity contribution in [2.24, 2.45) is 11.8 Å². The SMILES string of the molecule is CC/C=C\C[C@@H](/C=C/[C@@H]1[C@@H](C/C=C\CCCC(=O)O[Si](C)(C)C)[C@@H](O[Si](C)(C)C)C[C@H]1O[Si](C)(C)C)O[Si](C)(C)C. The minimum absolute atomic E-state index is 0.0580. The van der Waals surface area contributed by atoms with E-state index in [-0.39, 0.29) is 30.2 Å². The Bertz CT molecular complexity index is 859. The van der Waals surface area contributed by atoms with Gasteiger partial charge in [-0.2, -0.15) is 0 Å². The lowest BCUT2D eigenvalue weighted by Crippen LogP contribution is -2.35. The molecule has 1 aliphatic carbocycles. The highest BCUT2D eigenvalue weighted by Gasteiger charge is 2.45. The van der Waals surface area contributed by atoms with Gasteiger partial charge in [0.1, 0.15) is 0 Å². The molecule has 5 atom stereocenters. The molecule has 1 aliphatic rings. The van der Waals surface area contributed by atoms with E-state index < -0.39 is 33.3 Å². The van der Waals surface area contributed by atoms with E-state index in [9.17, 15) is 4.79 Å². The Labute approximate surface area is 258 Å². The Morgan fingerprint density at radius 3 is 1.93 bits per heavy atom. The molecule has 0 aliphatic heterocycles. The van der Waals surface area contributed by atoms with E-state index in [2.05, 4.69) is 122 Å². The van der Waals surface area contributed by atoms with Crippen LogP contribution in [0.15, 0.2) is 36.5 Å². The van der Waals surface area contributed by atoms with Gasteiger partial charge in [0.05, 0.1) is 18.3 Å². The second kappa shape index (κ2) is 17.1. The largest absolute Gasteiger partial charge is 0.520 e. The minimum atomic E-state index is -1.82. The van der Waals surface area contributed by atoms with Crippen LogP contribution in [0, 0.1) is 11.8 Å². The molecule has 0 unspecified atom stereocenters. The normalized spacial score (nSPS) is 23.7. The summed E-state index contributed by atoms with van der Waals surface area (Å²) in [6.45, 7) is 28.8. The molecule has 5 nitrogen and oxygen atoms in total. The van der Waals surface area contributed by atoms with Gasteiger partial charge in [-0.3, -0.25) is 4.79 Å². The van der Waals surface area contributed by atoms with Crippen molar-refractivity contribution in [3.05, 3.63) is 36.5 Å². The van der Waals surface area contributed by atoms with Crippen LogP contribution in [-0.2, 0) is 22.5 Å². The number of carbonyl (C=O) groups is 1. The van der Waals surface area contributed by atoms with Crippen molar-refractivity contribution in [3.8, 4) is 0 Å². The molecule has 41 heavy (non-hydrogen) atoms. The second-order valence-electron chi connectivity index (χ2n) is 15.5. The zero-order valence-electron chi connectivity index (χ0n) is 28.8. The van der Waals surface area contributed by atoms with E-state index in [0.717, 1.165) is 38.5 Å². The molecule has 0 heterocycles. The average Bonchev–Trinajstić information content (AvgIpc) is 3.04. The highest BCUT2D eigenvalue weighted by Crippen LogP contribution is 2.42. The molecule has 1 fully saturated rings. The Balaban J connectivity index is 3.15. The van der Waals surface area contributed by atoms with Crippen molar-refractivity contribution in [1.82, 2.24) is 0 Å². The summed E-state index contributed by atoms with van der Waals surface area (Å²) >= 11 is 0. The average molecular weight is 641 g/mol. The lowest BCUT2D eigenvalue weighted by atomic mass is 9.89. The molecular formula is C32H64O5Si4. The Hall–Kier alpha value is -0.562. The van der Waals surface area contributed by atoms with Crippen LogP contribution in [0.25, 0.3) is 0 Å². The zero-order valence-corrected chi connectivity index (χ0v) is 32.8. The van der Waals surface area contributed by atoms with Crippen LogP contribution in [0.4, 0.5) is 0 Å². The fourth-order valence-corrected chi connectivity index (χ4v) is 9.44. The number of rotatable bonds is 18. The second-order valence-corrected chi connectivity index (χ2v) is 33.3. The molecule has 0 aromatic carbocycles. The molecule has 1 rings (SSSR count). The third-order valence-corrected chi connectivity index (χ3v) is 10.3. The summed E-state index contributed by atoms with van der Waals surface area (Å²) in [5.74, 6) is 0.575. The number of allylic oxidation sites excluding steroid dienone is 3. The Morgan fingerprint density at radius 2 is 1.39 bits per heavy atom. The van der Waals surface area contributed by atoms with Gasteiger partial charge in [-0.15, -0.1) is 0 Å². The van der Waals surface area contributed by atoms with Gasteiger partial charge in [-0.1, -0.05) is 43.4 Å². The Kier molecular flexibility index (Phi) is 16.0. The van der Waals surface area contributed by atoms with Gasteiger partial charge in [-0.05, 0) is 123 Å². The van der Waals surface area contributed by atoms with Crippen LogP contribution < -0.4 is 0 Å². The van der Waals surface area contributed by atoms with Gasteiger partial charge in [-0.25, -0.2) is 0 Å². The molecule has 0 saturated heterocycles. The highest BCUT2D eigenvalue weighted by atomic mass is 28.4.